The molecule has 2 bridgehead atoms. The van der Waals surface area contributed by atoms with Gasteiger partial charge in [-0.1, -0.05) is 0 Å². The summed E-state index contributed by atoms with van der Waals surface area (Å²) in [7, 11) is 0. The quantitative estimate of drug-likeness (QED) is 0.506. The van der Waals surface area contributed by atoms with E-state index >= 15 is 0 Å². The molecule has 118 valence electrons. The van der Waals surface area contributed by atoms with Gasteiger partial charge >= 0.3 is 12.0 Å². The van der Waals surface area contributed by atoms with Gasteiger partial charge in [-0.25, -0.2) is 9.59 Å². The van der Waals surface area contributed by atoms with Crippen molar-refractivity contribution in [2.24, 2.45) is 11.7 Å². The number of piperidine rings is 3. The number of carbonyl (C=O) groups is 3. The molecule has 0 spiro atoms. The number of hydrogen-bond donors (Lipinski definition) is 4. The number of amides is 3. The van der Waals surface area contributed by atoms with Crippen LogP contribution in [0.25, 0.3) is 0 Å². The van der Waals surface area contributed by atoms with E-state index in [1.54, 1.807) is 0 Å². The smallest absolute Gasteiger partial charge is 0.326 e. The van der Waals surface area contributed by atoms with Crippen LogP contribution in [0.4, 0.5) is 4.79 Å². The summed E-state index contributed by atoms with van der Waals surface area (Å²) >= 11 is 0. The molecule has 0 radical (unpaired) electrons. The van der Waals surface area contributed by atoms with Crippen LogP contribution in [0, 0.1) is 5.92 Å². The fraction of sp³-hybridized carbons (Fsp3) is 0.769. The van der Waals surface area contributed by atoms with Gasteiger partial charge < -0.3 is 26.4 Å². The minimum Gasteiger partial charge on any atom is -0.480 e. The third kappa shape index (κ3) is 4.32. The molecule has 3 amide bonds. The zero-order valence-electron chi connectivity index (χ0n) is 11.9. The first-order chi connectivity index (χ1) is 9.95. The van der Waals surface area contributed by atoms with Gasteiger partial charge in [-0.3, -0.25) is 4.79 Å². The van der Waals surface area contributed by atoms with Gasteiger partial charge in [0.25, 0.3) is 0 Å². The Hall–Kier alpha value is -1.83. The monoisotopic (exact) mass is 298 g/mol. The number of fused-ring (bicyclic) bond motifs is 3. The van der Waals surface area contributed by atoms with Gasteiger partial charge in [-0.05, 0) is 38.3 Å². The van der Waals surface area contributed by atoms with Crippen LogP contribution in [0.5, 0.6) is 0 Å². The minimum atomic E-state index is -1.17. The van der Waals surface area contributed by atoms with Gasteiger partial charge in [0.1, 0.15) is 6.04 Å². The van der Waals surface area contributed by atoms with Crippen LogP contribution in [-0.4, -0.2) is 59.6 Å². The third-order valence-electron chi connectivity index (χ3n) is 4.26. The number of nitrogens with one attached hydrogen (secondary N) is 2. The highest BCUT2D eigenvalue weighted by Crippen LogP contribution is 2.27. The minimum absolute atomic E-state index is 0.00168. The highest BCUT2D eigenvalue weighted by Gasteiger charge is 2.35. The number of urea groups is 1. The average molecular weight is 298 g/mol. The lowest BCUT2D eigenvalue weighted by molar-refractivity contribution is -0.139. The summed E-state index contributed by atoms with van der Waals surface area (Å²) in [5.41, 5.74) is 5.00. The molecule has 3 heterocycles. The van der Waals surface area contributed by atoms with Crippen LogP contribution in [0.1, 0.15) is 25.7 Å². The molecule has 0 aromatic rings. The molecule has 5 N–H and O–H groups in total. The molecule has 2 atom stereocenters. The number of nitrogens with zero attached hydrogens (tertiary/aromatic N) is 1. The van der Waals surface area contributed by atoms with Crippen molar-refractivity contribution in [2.75, 3.05) is 19.6 Å². The van der Waals surface area contributed by atoms with Crippen molar-refractivity contribution in [3.8, 4) is 0 Å². The Bertz CT molecular complexity index is 420. The Morgan fingerprint density at radius 3 is 2.43 bits per heavy atom. The van der Waals surface area contributed by atoms with Gasteiger partial charge in [0, 0.05) is 19.0 Å². The molecule has 3 rings (SSSR count). The maximum absolute atomic E-state index is 11.9. The summed E-state index contributed by atoms with van der Waals surface area (Å²) in [6.07, 6.45) is 2.05. The predicted octanol–water partition coefficient (Wildman–Crippen LogP) is -0.901. The van der Waals surface area contributed by atoms with E-state index < -0.39 is 23.9 Å². The Labute approximate surface area is 123 Å². The van der Waals surface area contributed by atoms with Crippen LogP contribution in [0.2, 0.25) is 0 Å². The summed E-state index contributed by atoms with van der Waals surface area (Å²) in [4.78, 5) is 36.0. The van der Waals surface area contributed by atoms with Crippen LogP contribution >= 0.6 is 0 Å². The SMILES string of the molecule is NC(=O)CCC(NC(=O)NC1CN2CCC1CC2)C(=O)O. The molecule has 3 aliphatic rings. The second-order valence-electron chi connectivity index (χ2n) is 5.76. The zero-order chi connectivity index (χ0) is 15.4. The first-order valence-corrected chi connectivity index (χ1v) is 7.26. The highest BCUT2D eigenvalue weighted by molar-refractivity contribution is 5.83. The zero-order valence-corrected chi connectivity index (χ0v) is 11.9. The molecule has 3 saturated heterocycles. The predicted molar refractivity (Wildman–Crippen MR) is 74.5 cm³/mol. The van der Waals surface area contributed by atoms with E-state index in [0.717, 1.165) is 32.5 Å². The Kier molecular flexibility index (Phi) is 5.00. The van der Waals surface area contributed by atoms with E-state index in [1.165, 1.54) is 0 Å². The standard InChI is InChI=1S/C13H22N4O4/c14-11(18)2-1-9(12(19)20)15-13(21)16-10-7-17-5-3-8(10)4-6-17/h8-10H,1-7H2,(H2,14,18)(H,19,20)(H2,15,16,21). The molecule has 3 fully saturated rings. The number of carbonyl (C=O) groups excluding carboxylic acids is 2. The largest absolute Gasteiger partial charge is 0.480 e. The molecular formula is C13H22N4O4. The van der Waals surface area contributed by atoms with E-state index in [4.69, 9.17) is 10.8 Å². The van der Waals surface area contributed by atoms with E-state index in [-0.39, 0.29) is 18.9 Å². The number of carboxylic acid groups (broad SMARTS) is 1. The van der Waals surface area contributed by atoms with Crippen LogP contribution in [-0.2, 0) is 9.59 Å². The van der Waals surface area contributed by atoms with Crippen LogP contribution < -0.4 is 16.4 Å². The van der Waals surface area contributed by atoms with Crippen LogP contribution in [0.15, 0.2) is 0 Å². The second kappa shape index (κ2) is 6.75. The van der Waals surface area contributed by atoms with E-state index in [1.807, 2.05) is 0 Å². The first-order valence-electron chi connectivity index (χ1n) is 7.26. The third-order valence-corrected chi connectivity index (χ3v) is 4.26. The van der Waals surface area contributed by atoms with Gasteiger partial charge in [-0.2, -0.15) is 0 Å². The fourth-order valence-electron chi connectivity index (χ4n) is 3.04. The molecule has 0 aromatic heterocycles. The van der Waals surface area contributed by atoms with Crippen molar-refractivity contribution >= 4 is 17.9 Å². The molecule has 8 heteroatoms. The molecule has 0 saturated carbocycles. The lowest BCUT2D eigenvalue weighted by Gasteiger charge is -2.44. The van der Waals surface area contributed by atoms with Crippen molar-refractivity contribution in [3.05, 3.63) is 0 Å². The Balaban J connectivity index is 1.81. The maximum atomic E-state index is 11.9. The maximum Gasteiger partial charge on any atom is 0.326 e. The van der Waals surface area contributed by atoms with Crippen molar-refractivity contribution in [3.63, 3.8) is 0 Å². The van der Waals surface area contributed by atoms with E-state index in [2.05, 4.69) is 15.5 Å². The van der Waals surface area contributed by atoms with Crippen molar-refractivity contribution < 1.29 is 19.5 Å². The molecule has 3 aliphatic heterocycles. The van der Waals surface area contributed by atoms with E-state index in [9.17, 15) is 14.4 Å². The summed E-state index contributed by atoms with van der Waals surface area (Å²) in [5, 5.41) is 14.3. The first kappa shape index (κ1) is 15.6. The summed E-state index contributed by atoms with van der Waals surface area (Å²) in [6.45, 7) is 2.96. The molecule has 8 nitrogen and oxygen atoms in total. The molecule has 0 aliphatic carbocycles. The van der Waals surface area contributed by atoms with Gasteiger partial charge in [0.15, 0.2) is 0 Å². The number of carboxylic acids is 1. The summed E-state index contributed by atoms with van der Waals surface area (Å²) in [6, 6.07) is -1.53. The Morgan fingerprint density at radius 1 is 1.29 bits per heavy atom. The number of rotatable bonds is 6. The molecular weight excluding hydrogens is 276 g/mol. The number of aliphatic carboxylic acids is 1. The lowest BCUT2D eigenvalue weighted by Crippen LogP contribution is -2.59. The Morgan fingerprint density at radius 2 is 1.95 bits per heavy atom. The van der Waals surface area contributed by atoms with Crippen molar-refractivity contribution in [1.82, 2.24) is 15.5 Å². The molecule has 0 aromatic carbocycles. The van der Waals surface area contributed by atoms with Gasteiger partial charge in [0.05, 0.1) is 0 Å². The van der Waals surface area contributed by atoms with Crippen LogP contribution in [0.3, 0.4) is 0 Å². The van der Waals surface area contributed by atoms with Gasteiger partial charge in [-0.15, -0.1) is 0 Å². The average Bonchev–Trinajstić information content (AvgIpc) is 2.44. The number of hydrogen-bond acceptors (Lipinski definition) is 4. The summed E-state index contributed by atoms with van der Waals surface area (Å²) in [5.74, 6) is -1.28. The fourth-order valence-corrected chi connectivity index (χ4v) is 3.04. The summed E-state index contributed by atoms with van der Waals surface area (Å²) < 4.78 is 0. The second-order valence-corrected chi connectivity index (χ2v) is 5.76. The highest BCUT2D eigenvalue weighted by atomic mass is 16.4. The molecule has 2 unspecified atom stereocenters. The van der Waals surface area contributed by atoms with Gasteiger partial charge in [0.2, 0.25) is 5.91 Å². The topological polar surface area (TPSA) is 125 Å². The van der Waals surface area contributed by atoms with E-state index in [0.29, 0.717) is 5.92 Å². The molecule has 21 heavy (non-hydrogen) atoms. The normalized spacial score (nSPS) is 28.7. The lowest BCUT2D eigenvalue weighted by atomic mass is 9.84. The number of nitrogens with two attached hydrogens (primary N) is 1. The number of primary amides is 1. The van der Waals surface area contributed by atoms with Crippen molar-refractivity contribution in [2.45, 2.75) is 37.8 Å². The van der Waals surface area contributed by atoms with Crippen molar-refractivity contribution in [1.29, 1.82) is 0 Å².